The summed E-state index contributed by atoms with van der Waals surface area (Å²) in [5.41, 5.74) is 0. The summed E-state index contributed by atoms with van der Waals surface area (Å²) < 4.78 is 4.71. The van der Waals surface area contributed by atoms with E-state index in [4.69, 9.17) is 4.74 Å². The smallest absolute Gasteiger partial charge is 0.308 e. The van der Waals surface area contributed by atoms with E-state index >= 15 is 0 Å². The van der Waals surface area contributed by atoms with E-state index in [1.807, 2.05) is 6.08 Å². The van der Waals surface area contributed by atoms with Gasteiger partial charge in [-0.05, 0) is 25.9 Å². The Morgan fingerprint density at radius 2 is 2.23 bits per heavy atom. The quantitative estimate of drug-likeness (QED) is 0.484. The van der Waals surface area contributed by atoms with Gasteiger partial charge in [-0.1, -0.05) is 6.08 Å². The molecule has 1 heterocycles. The lowest BCUT2D eigenvalue weighted by Crippen LogP contribution is -2.36. The summed E-state index contributed by atoms with van der Waals surface area (Å²) >= 11 is 0. The number of piperidine rings is 1. The Morgan fingerprint density at radius 1 is 1.62 bits per heavy atom. The summed E-state index contributed by atoms with van der Waals surface area (Å²) in [5, 5.41) is 0. The minimum Gasteiger partial charge on any atom is -0.469 e. The molecule has 74 valence electrons. The van der Waals surface area contributed by atoms with Crippen molar-refractivity contribution in [1.29, 1.82) is 0 Å². The van der Waals surface area contributed by atoms with Gasteiger partial charge in [-0.15, -0.1) is 6.58 Å². The molecule has 0 bridgehead atoms. The molecule has 1 aliphatic rings. The van der Waals surface area contributed by atoms with E-state index in [-0.39, 0.29) is 11.9 Å². The number of ether oxygens (including phenoxy) is 1. The van der Waals surface area contributed by atoms with E-state index in [1.165, 1.54) is 7.11 Å². The second-order valence-corrected chi connectivity index (χ2v) is 3.39. The predicted octanol–water partition coefficient (Wildman–Crippen LogP) is 1.06. The molecule has 0 unspecified atom stereocenters. The first kappa shape index (κ1) is 10.3. The van der Waals surface area contributed by atoms with Crippen molar-refractivity contribution < 1.29 is 9.53 Å². The van der Waals surface area contributed by atoms with E-state index in [2.05, 4.69) is 11.5 Å². The number of nitrogens with zero attached hydrogens (tertiary/aromatic N) is 1. The van der Waals surface area contributed by atoms with Crippen LogP contribution >= 0.6 is 0 Å². The van der Waals surface area contributed by atoms with E-state index in [0.717, 1.165) is 32.5 Å². The first-order valence-corrected chi connectivity index (χ1v) is 4.69. The highest BCUT2D eigenvalue weighted by Crippen LogP contribution is 2.17. The standard InChI is InChI=1S/C10H17NO2/c1-3-6-11-7-4-9(5-8-11)10(12)13-2/h3,9H,1,4-8H2,2H3. The summed E-state index contributed by atoms with van der Waals surface area (Å²) in [6.07, 6.45) is 3.74. The van der Waals surface area contributed by atoms with Crippen LogP contribution in [-0.2, 0) is 9.53 Å². The van der Waals surface area contributed by atoms with E-state index in [9.17, 15) is 4.79 Å². The molecule has 0 amide bonds. The molecule has 0 aromatic heterocycles. The Bertz CT molecular complexity index is 183. The van der Waals surface area contributed by atoms with Crippen molar-refractivity contribution in [3.05, 3.63) is 12.7 Å². The molecular weight excluding hydrogens is 166 g/mol. The summed E-state index contributed by atoms with van der Waals surface area (Å²) in [7, 11) is 1.46. The Kier molecular flexibility index (Phi) is 3.96. The molecule has 0 spiro atoms. The fourth-order valence-corrected chi connectivity index (χ4v) is 1.70. The monoisotopic (exact) mass is 183 g/mol. The average molecular weight is 183 g/mol. The van der Waals surface area contributed by atoms with Crippen LogP contribution in [0.4, 0.5) is 0 Å². The highest BCUT2D eigenvalue weighted by molar-refractivity contribution is 5.72. The van der Waals surface area contributed by atoms with Crippen molar-refractivity contribution in [2.45, 2.75) is 12.8 Å². The second-order valence-electron chi connectivity index (χ2n) is 3.39. The molecular formula is C10H17NO2. The first-order chi connectivity index (χ1) is 6.27. The normalized spacial score (nSPS) is 19.8. The van der Waals surface area contributed by atoms with Gasteiger partial charge < -0.3 is 4.74 Å². The van der Waals surface area contributed by atoms with Crippen LogP contribution < -0.4 is 0 Å². The minimum absolute atomic E-state index is 0.0572. The number of hydrogen-bond donors (Lipinski definition) is 0. The van der Waals surface area contributed by atoms with Gasteiger partial charge in [0.1, 0.15) is 0 Å². The molecule has 1 saturated heterocycles. The van der Waals surface area contributed by atoms with E-state index in [0.29, 0.717) is 0 Å². The summed E-state index contributed by atoms with van der Waals surface area (Å²) in [5.74, 6) is 0.0596. The number of methoxy groups -OCH3 is 1. The maximum absolute atomic E-state index is 11.2. The lowest BCUT2D eigenvalue weighted by Gasteiger charge is -2.29. The lowest BCUT2D eigenvalue weighted by molar-refractivity contribution is -0.147. The topological polar surface area (TPSA) is 29.5 Å². The van der Waals surface area contributed by atoms with Gasteiger partial charge in [0.2, 0.25) is 0 Å². The fraction of sp³-hybridized carbons (Fsp3) is 0.700. The molecule has 1 fully saturated rings. The van der Waals surface area contributed by atoms with Gasteiger partial charge in [-0.3, -0.25) is 9.69 Å². The predicted molar refractivity (Wildman–Crippen MR) is 51.4 cm³/mol. The van der Waals surface area contributed by atoms with E-state index < -0.39 is 0 Å². The largest absolute Gasteiger partial charge is 0.469 e. The molecule has 3 nitrogen and oxygen atoms in total. The molecule has 0 N–H and O–H groups in total. The maximum Gasteiger partial charge on any atom is 0.308 e. The van der Waals surface area contributed by atoms with Crippen LogP contribution in [0.5, 0.6) is 0 Å². The molecule has 3 heteroatoms. The number of rotatable bonds is 3. The van der Waals surface area contributed by atoms with Gasteiger partial charge in [0.15, 0.2) is 0 Å². The summed E-state index contributed by atoms with van der Waals surface area (Å²) in [6, 6.07) is 0. The van der Waals surface area contributed by atoms with Gasteiger partial charge >= 0.3 is 5.97 Å². The van der Waals surface area contributed by atoms with Crippen molar-refractivity contribution >= 4 is 5.97 Å². The van der Waals surface area contributed by atoms with E-state index in [1.54, 1.807) is 0 Å². The van der Waals surface area contributed by atoms with Crippen LogP contribution in [0.3, 0.4) is 0 Å². The Hall–Kier alpha value is -0.830. The van der Waals surface area contributed by atoms with Crippen LogP contribution in [0.25, 0.3) is 0 Å². The zero-order valence-electron chi connectivity index (χ0n) is 8.16. The molecule has 0 aliphatic carbocycles. The Labute approximate surface area is 79.4 Å². The molecule has 0 aromatic rings. The van der Waals surface area contributed by atoms with Crippen LogP contribution in [-0.4, -0.2) is 37.6 Å². The lowest BCUT2D eigenvalue weighted by atomic mass is 9.97. The molecule has 0 radical (unpaired) electrons. The van der Waals surface area contributed by atoms with Crippen molar-refractivity contribution in [2.24, 2.45) is 5.92 Å². The third-order valence-corrected chi connectivity index (χ3v) is 2.51. The zero-order chi connectivity index (χ0) is 9.68. The molecule has 0 saturated carbocycles. The molecule has 13 heavy (non-hydrogen) atoms. The van der Waals surface area contributed by atoms with Crippen LogP contribution in [0, 0.1) is 5.92 Å². The third-order valence-electron chi connectivity index (χ3n) is 2.51. The van der Waals surface area contributed by atoms with Crippen LogP contribution in [0.1, 0.15) is 12.8 Å². The van der Waals surface area contributed by atoms with Crippen LogP contribution in [0.2, 0.25) is 0 Å². The molecule has 0 atom stereocenters. The number of esters is 1. The highest BCUT2D eigenvalue weighted by atomic mass is 16.5. The van der Waals surface area contributed by atoms with Crippen molar-refractivity contribution in [2.75, 3.05) is 26.7 Å². The number of carbonyl (C=O) groups excluding carboxylic acids is 1. The average Bonchev–Trinajstić information content (AvgIpc) is 2.18. The SMILES string of the molecule is C=CCN1CCC(C(=O)OC)CC1. The Morgan fingerprint density at radius 3 is 2.69 bits per heavy atom. The van der Waals surface area contributed by atoms with Gasteiger partial charge in [0.25, 0.3) is 0 Å². The summed E-state index contributed by atoms with van der Waals surface area (Å²) in [4.78, 5) is 13.5. The zero-order valence-corrected chi connectivity index (χ0v) is 8.16. The number of likely N-dealkylation sites (tertiary alicyclic amines) is 1. The summed E-state index contributed by atoms with van der Waals surface area (Å²) in [6.45, 7) is 6.57. The number of carbonyl (C=O) groups is 1. The van der Waals surface area contributed by atoms with Crippen LogP contribution in [0.15, 0.2) is 12.7 Å². The Balaban J connectivity index is 2.30. The first-order valence-electron chi connectivity index (χ1n) is 4.69. The van der Waals surface area contributed by atoms with Gasteiger partial charge in [0, 0.05) is 6.54 Å². The van der Waals surface area contributed by atoms with Crippen molar-refractivity contribution in [3.63, 3.8) is 0 Å². The molecule has 1 aliphatic heterocycles. The van der Waals surface area contributed by atoms with Gasteiger partial charge in [-0.25, -0.2) is 0 Å². The molecule has 1 rings (SSSR count). The van der Waals surface area contributed by atoms with Gasteiger partial charge in [-0.2, -0.15) is 0 Å². The van der Waals surface area contributed by atoms with Crippen molar-refractivity contribution in [3.8, 4) is 0 Å². The van der Waals surface area contributed by atoms with Crippen molar-refractivity contribution in [1.82, 2.24) is 4.90 Å². The number of hydrogen-bond acceptors (Lipinski definition) is 3. The minimum atomic E-state index is -0.0572. The highest BCUT2D eigenvalue weighted by Gasteiger charge is 2.24. The van der Waals surface area contributed by atoms with Gasteiger partial charge in [0.05, 0.1) is 13.0 Å². The fourth-order valence-electron chi connectivity index (χ4n) is 1.70. The second kappa shape index (κ2) is 5.02. The third kappa shape index (κ3) is 2.84. The molecule has 0 aromatic carbocycles. The maximum atomic E-state index is 11.2.